The number of ether oxygens (including phenoxy) is 1. The van der Waals surface area contributed by atoms with Crippen molar-refractivity contribution < 1.29 is 9.13 Å². The SMILES string of the molecule is O=c1n(C2CCOCC2)c2cnc(-c3nc4ccc(F)cc4[nH]3)nc2n1C1CCNCC1. The average Bonchev–Trinajstić information content (AvgIpc) is 3.37. The lowest BCUT2D eigenvalue weighted by atomic mass is 10.1. The number of fused-ring (bicyclic) bond motifs is 2. The number of nitrogens with one attached hydrogen (secondary N) is 2. The number of nitrogens with zero attached hydrogens (tertiary/aromatic N) is 5. The van der Waals surface area contributed by atoms with Crippen LogP contribution in [0.25, 0.3) is 33.8 Å². The van der Waals surface area contributed by atoms with Crippen molar-refractivity contribution in [3.63, 3.8) is 0 Å². The van der Waals surface area contributed by atoms with Crippen LogP contribution in [-0.4, -0.2) is 55.4 Å². The molecule has 0 aliphatic carbocycles. The highest BCUT2D eigenvalue weighted by atomic mass is 19.1. The monoisotopic (exact) mass is 437 g/mol. The third kappa shape index (κ3) is 3.21. The molecule has 0 atom stereocenters. The van der Waals surface area contributed by atoms with Gasteiger partial charge >= 0.3 is 5.69 Å². The van der Waals surface area contributed by atoms with Crippen LogP contribution in [0.1, 0.15) is 37.8 Å². The van der Waals surface area contributed by atoms with Crippen LogP contribution in [0.2, 0.25) is 0 Å². The van der Waals surface area contributed by atoms with Crippen molar-refractivity contribution in [3.05, 3.63) is 40.7 Å². The molecule has 2 aliphatic heterocycles. The number of hydrogen-bond donors (Lipinski definition) is 2. The van der Waals surface area contributed by atoms with Gasteiger partial charge in [-0.2, -0.15) is 0 Å². The molecule has 5 heterocycles. The van der Waals surface area contributed by atoms with Crippen LogP contribution in [0.4, 0.5) is 4.39 Å². The van der Waals surface area contributed by atoms with Crippen molar-refractivity contribution in [2.24, 2.45) is 0 Å². The smallest absolute Gasteiger partial charge is 0.330 e. The molecule has 32 heavy (non-hydrogen) atoms. The number of aromatic nitrogens is 6. The fourth-order valence-electron chi connectivity index (χ4n) is 4.92. The van der Waals surface area contributed by atoms with E-state index in [1.165, 1.54) is 12.1 Å². The minimum Gasteiger partial charge on any atom is -0.381 e. The fraction of sp³-hybridized carbons (Fsp3) is 0.455. The Labute approximate surface area is 182 Å². The van der Waals surface area contributed by atoms with E-state index in [4.69, 9.17) is 9.72 Å². The van der Waals surface area contributed by atoms with E-state index in [0.717, 1.165) is 44.3 Å². The molecular weight excluding hydrogens is 413 g/mol. The largest absolute Gasteiger partial charge is 0.381 e. The van der Waals surface area contributed by atoms with Gasteiger partial charge in [0.25, 0.3) is 0 Å². The maximum Gasteiger partial charge on any atom is 0.330 e. The molecule has 0 unspecified atom stereocenters. The van der Waals surface area contributed by atoms with Crippen LogP contribution in [0.15, 0.2) is 29.2 Å². The number of piperidine rings is 1. The van der Waals surface area contributed by atoms with Crippen LogP contribution in [0, 0.1) is 5.82 Å². The Balaban J connectivity index is 1.52. The van der Waals surface area contributed by atoms with E-state index < -0.39 is 0 Å². The normalized spacial score (nSPS) is 18.7. The highest BCUT2D eigenvalue weighted by Crippen LogP contribution is 2.28. The molecule has 2 aliphatic rings. The second-order valence-corrected chi connectivity index (χ2v) is 8.50. The molecule has 0 bridgehead atoms. The van der Waals surface area contributed by atoms with Crippen LogP contribution < -0.4 is 11.0 Å². The Bertz CT molecular complexity index is 1350. The molecule has 0 amide bonds. The zero-order valence-corrected chi connectivity index (χ0v) is 17.6. The van der Waals surface area contributed by atoms with Gasteiger partial charge in [0.1, 0.15) is 11.3 Å². The van der Waals surface area contributed by atoms with Gasteiger partial charge < -0.3 is 15.0 Å². The Morgan fingerprint density at radius 2 is 1.81 bits per heavy atom. The zero-order chi connectivity index (χ0) is 21.7. The summed E-state index contributed by atoms with van der Waals surface area (Å²) in [6.07, 6.45) is 5.05. The van der Waals surface area contributed by atoms with E-state index in [-0.39, 0.29) is 23.6 Å². The minimum absolute atomic E-state index is 0.0306. The van der Waals surface area contributed by atoms with Crippen molar-refractivity contribution in [2.45, 2.75) is 37.8 Å². The molecule has 166 valence electrons. The second kappa shape index (κ2) is 7.79. The van der Waals surface area contributed by atoms with Gasteiger partial charge in [-0.3, -0.25) is 9.13 Å². The Morgan fingerprint density at radius 3 is 2.62 bits per heavy atom. The van der Waals surface area contributed by atoms with E-state index >= 15 is 0 Å². The quantitative estimate of drug-likeness (QED) is 0.511. The van der Waals surface area contributed by atoms with E-state index in [0.29, 0.717) is 41.5 Å². The summed E-state index contributed by atoms with van der Waals surface area (Å²) in [5, 5.41) is 3.36. The number of hydrogen-bond acceptors (Lipinski definition) is 6. The van der Waals surface area contributed by atoms with Gasteiger partial charge in [-0.15, -0.1) is 0 Å². The highest BCUT2D eigenvalue weighted by molar-refractivity contribution is 5.79. The highest BCUT2D eigenvalue weighted by Gasteiger charge is 2.28. The molecule has 4 aromatic rings. The summed E-state index contributed by atoms with van der Waals surface area (Å²) < 4.78 is 22.8. The van der Waals surface area contributed by atoms with Crippen molar-refractivity contribution in [3.8, 4) is 11.6 Å². The summed E-state index contributed by atoms with van der Waals surface area (Å²) >= 11 is 0. The van der Waals surface area contributed by atoms with E-state index in [1.807, 2.05) is 9.13 Å². The lowest BCUT2D eigenvalue weighted by molar-refractivity contribution is 0.0694. The summed E-state index contributed by atoms with van der Waals surface area (Å²) in [4.78, 5) is 30.6. The third-order valence-electron chi connectivity index (χ3n) is 6.54. The summed E-state index contributed by atoms with van der Waals surface area (Å²) in [6.45, 7) is 3.03. The molecule has 2 N–H and O–H groups in total. The van der Waals surface area contributed by atoms with Crippen LogP contribution >= 0.6 is 0 Å². The predicted molar refractivity (Wildman–Crippen MR) is 117 cm³/mol. The first-order valence-electron chi connectivity index (χ1n) is 11.1. The van der Waals surface area contributed by atoms with Gasteiger partial charge in [-0.05, 0) is 57.0 Å². The maximum absolute atomic E-state index is 13.6. The molecule has 0 saturated carbocycles. The zero-order valence-electron chi connectivity index (χ0n) is 17.6. The lowest BCUT2D eigenvalue weighted by Crippen LogP contribution is -2.36. The van der Waals surface area contributed by atoms with E-state index in [1.54, 1.807) is 12.3 Å². The van der Waals surface area contributed by atoms with Crippen molar-refractivity contribution in [1.29, 1.82) is 0 Å². The lowest BCUT2D eigenvalue weighted by Gasteiger charge is -2.24. The molecule has 0 radical (unpaired) electrons. The number of imidazole rings is 2. The van der Waals surface area contributed by atoms with Gasteiger partial charge in [-0.25, -0.2) is 24.1 Å². The first-order valence-corrected chi connectivity index (χ1v) is 11.1. The van der Waals surface area contributed by atoms with Crippen LogP contribution in [0.3, 0.4) is 0 Å². The molecule has 1 aromatic carbocycles. The number of rotatable bonds is 3. The first kappa shape index (κ1) is 19.6. The molecule has 0 spiro atoms. The van der Waals surface area contributed by atoms with Gasteiger partial charge in [0.05, 0.1) is 17.2 Å². The number of H-pyrrole nitrogens is 1. The van der Waals surface area contributed by atoms with Gasteiger partial charge in [0, 0.05) is 25.3 Å². The molecule has 9 nitrogen and oxygen atoms in total. The number of halogens is 1. The van der Waals surface area contributed by atoms with Crippen molar-refractivity contribution >= 4 is 22.2 Å². The Hall–Kier alpha value is -3.11. The third-order valence-corrected chi connectivity index (χ3v) is 6.54. The molecule has 10 heteroatoms. The first-order chi connectivity index (χ1) is 15.7. The number of aromatic amines is 1. The van der Waals surface area contributed by atoms with Crippen molar-refractivity contribution in [2.75, 3.05) is 26.3 Å². The number of benzene rings is 1. The van der Waals surface area contributed by atoms with E-state index in [9.17, 15) is 9.18 Å². The maximum atomic E-state index is 13.6. The second-order valence-electron chi connectivity index (χ2n) is 8.50. The molecule has 2 saturated heterocycles. The fourth-order valence-corrected chi connectivity index (χ4v) is 4.92. The average molecular weight is 437 g/mol. The molecular formula is C22H24FN7O2. The predicted octanol–water partition coefficient (Wildman–Crippen LogP) is 2.55. The van der Waals surface area contributed by atoms with Gasteiger partial charge in [0.2, 0.25) is 0 Å². The topological polar surface area (TPSA) is 103 Å². The minimum atomic E-state index is -0.336. The molecule has 6 rings (SSSR count). The molecule has 3 aromatic heterocycles. The summed E-state index contributed by atoms with van der Waals surface area (Å²) in [7, 11) is 0. The standard InChI is InChI=1S/C22H24FN7O2/c23-13-1-2-16-17(11-13)27-20(26-16)19-25-12-18-21(28-19)30(14-3-7-24-8-4-14)22(31)29(18)15-5-9-32-10-6-15/h1-2,11-12,14-15,24H,3-10H2,(H,26,27). The van der Waals surface area contributed by atoms with Gasteiger partial charge in [-0.1, -0.05) is 0 Å². The Morgan fingerprint density at radius 1 is 1.03 bits per heavy atom. The van der Waals surface area contributed by atoms with E-state index in [2.05, 4.69) is 20.3 Å². The van der Waals surface area contributed by atoms with Crippen molar-refractivity contribution in [1.82, 2.24) is 34.4 Å². The van der Waals surface area contributed by atoms with Crippen LogP contribution in [0.5, 0.6) is 0 Å². The Kier molecular flexibility index (Phi) is 4.76. The summed E-state index contributed by atoms with van der Waals surface area (Å²) in [5.41, 5.74) is 2.56. The van der Waals surface area contributed by atoms with Gasteiger partial charge in [0.15, 0.2) is 17.3 Å². The summed E-state index contributed by atoms with van der Waals surface area (Å²) in [5.74, 6) is 0.508. The molecule has 2 fully saturated rings. The summed E-state index contributed by atoms with van der Waals surface area (Å²) in [6, 6.07) is 4.55. The van der Waals surface area contributed by atoms with Crippen LogP contribution in [-0.2, 0) is 4.74 Å².